The van der Waals surface area contributed by atoms with Gasteiger partial charge in [0.05, 0.1) is 0 Å². The van der Waals surface area contributed by atoms with Gasteiger partial charge >= 0.3 is 0 Å². The maximum atomic E-state index is 3.16. The normalized spacial score (nSPS) is 15.0. The summed E-state index contributed by atoms with van der Waals surface area (Å²) in [6, 6.07) is 0.653. The molecule has 0 amide bonds. The topological polar surface area (TPSA) is 12.0 Å². The zero-order valence-electron chi connectivity index (χ0n) is 5.65. The van der Waals surface area contributed by atoms with Gasteiger partial charge in [0.25, 0.3) is 0 Å². The smallest absolute Gasteiger partial charge is 0.00587 e. The van der Waals surface area contributed by atoms with E-state index in [-0.39, 0.29) is 0 Å². The van der Waals surface area contributed by atoms with Gasteiger partial charge in [0, 0.05) is 6.04 Å². The Kier molecular flexibility index (Phi) is 3.01. The lowest BCUT2D eigenvalue weighted by molar-refractivity contribution is 0.459. The second-order valence-corrected chi connectivity index (χ2v) is 2.32. The largest absolute Gasteiger partial charge is 0.317 e. The van der Waals surface area contributed by atoms with Crippen LogP contribution in [0.2, 0.25) is 0 Å². The molecule has 1 nitrogen and oxygen atoms in total. The minimum atomic E-state index is 0.653. The molecular weight excluding hydrogens is 86.1 g/mol. The van der Waals surface area contributed by atoms with E-state index in [0.717, 1.165) is 5.92 Å². The Hall–Kier alpha value is -0.0400. The van der Waals surface area contributed by atoms with Crippen LogP contribution in [0.5, 0.6) is 0 Å². The second-order valence-electron chi connectivity index (χ2n) is 2.32. The highest BCUT2D eigenvalue weighted by Gasteiger charge is 2.00. The maximum absolute atomic E-state index is 3.16. The lowest BCUT2D eigenvalue weighted by Gasteiger charge is -2.12. The molecule has 0 aliphatic carbocycles. The van der Waals surface area contributed by atoms with Crippen molar-refractivity contribution in [1.82, 2.24) is 5.32 Å². The molecule has 7 heavy (non-hydrogen) atoms. The zero-order valence-corrected chi connectivity index (χ0v) is 5.65. The third-order valence-corrected chi connectivity index (χ3v) is 1.46. The molecule has 0 aliphatic rings. The van der Waals surface area contributed by atoms with Crippen LogP contribution >= 0.6 is 0 Å². The number of nitrogens with one attached hydrogen (secondary N) is 1. The van der Waals surface area contributed by atoms with Gasteiger partial charge in [-0.2, -0.15) is 0 Å². The van der Waals surface area contributed by atoms with Gasteiger partial charge < -0.3 is 5.32 Å². The summed E-state index contributed by atoms with van der Waals surface area (Å²) < 4.78 is 0. The monoisotopic (exact) mass is 101 g/mol. The molecular formula is C6H15N. The van der Waals surface area contributed by atoms with Gasteiger partial charge in [-0.1, -0.05) is 13.8 Å². The first-order valence-corrected chi connectivity index (χ1v) is 2.85. The van der Waals surface area contributed by atoms with Crippen molar-refractivity contribution >= 4 is 0 Å². The SMILES string of the molecule is CN[C@H](C)C(C)C. The molecule has 1 N–H and O–H groups in total. The summed E-state index contributed by atoms with van der Waals surface area (Å²) in [5.74, 6) is 0.755. The molecule has 0 saturated heterocycles. The summed E-state index contributed by atoms with van der Waals surface area (Å²) in [6.07, 6.45) is 0. The number of rotatable bonds is 2. The van der Waals surface area contributed by atoms with Crippen molar-refractivity contribution < 1.29 is 0 Å². The molecule has 0 aromatic heterocycles. The van der Waals surface area contributed by atoms with Gasteiger partial charge in [-0.05, 0) is 19.9 Å². The molecule has 0 unspecified atom stereocenters. The molecule has 0 spiro atoms. The molecule has 0 aromatic carbocycles. The highest BCUT2D eigenvalue weighted by molar-refractivity contribution is 4.59. The van der Waals surface area contributed by atoms with E-state index < -0.39 is 0 Å². The van der Waals surface area contributed by atoms with Crippen molar-refractivity contribution in [2.45, 2.75) is 26.8 Å². The van der Waals surface area contributed by atoms with Crippen molar-refractivity contribution in [2.75, 3.05) is 7.05 Å². The van der Waals surface area contributed by atoms with Gasteiger partial charge in [-0.15, -0.1) is 0 Å². The molecule has 0 rings (SSSR count). The fourth-order valence-corrected chi connectivity index (χ4v) is 0.333. The van der Waals surface area contributed by atoms with Gasteiger partial charge in [-0.25, -0.2) is 0 Å². The predicted octanol–water partition coefficient (Wildman–Crippen LogP) is 1.25. The predicted molar refractivity (Wildman–Crippen MR) is 33.4 cm³/mol. The Balaban J connectivity index is 3.14. The Morgan fingerprint density at radius 2 is 1.57 bits per heavy atom. The standard InChI is InChI=1S/C6H15N/c1-5(2)6(3)7-4/h5-7H,1-4H3/t6-/m1/s1. The van der Waals surface area contributed by atoms with Gasteiger partial charge in [-0.3, -0.25) is 0 Å². The molecule has 1 atom stereocenters. The summed E-state index contributed by atoms with van der Waals surface area (Å²) in [4.78, 5) is 0. The van der Waals surface area contributed by atoms with E-state index in [4.69, 9.17) is 0 Å². The Labute approximate surface area is 46.1 Å². The van der Waals surface area contributed by atoms with E-state index in [1.54, 1.807) is 0 Å². The summed E-state index contributed by atoms with van der Waals surface area (Å²) >= 11 is 0. The van der Waals surface area contributed by atoms with E-state index in [0.29, 0.717) is 6.04 Å². The van der Waals surface area contributed by atoms with Crippen molar-refractivity contribution in [3.63, 3.8) is 0 Å². The molecule has 1 heteroatoms. The Morgan fingerprint density at radius 3 is 1.57 bits per heavy atom. The first-order valence-electron chi connectivity index (χ1n) is 2.85. The minimum Gasteiger partial charge on any atom is -0.317 e. The third kappa shape index (κ3) is 2.63. The summed E-state index contributed by atoms with van der Waals surface area (Å²) in [5.41, 5.74) is 0. The summed E-state index contributed by atoms with van der Waals surface area (Å²) in [6.45, 7) is 6.60. The highest BCUT2D eigenvalue weighted by atomic mass is 14.9. The van der Waals surface area contributed by atoms with E-state index in [1.165, 1.54) is 0 Å². The average molecular weight is 101 g/mol. The minimum absolute atomic E-state index is 0.653. The van der Waals surface area contributed by atoms with Crippen molar-refractivity contribution in [3.05, 3.63) is 0 Å². The Morgan fingerprint density at radius 1 is 1.14 bits per heavy atom. The lowest BCUT2D eigenvalue weighted by Crippen LogP contribution is -2.26. The van der Waals surface area contributed by atoms with E-state index in [2.05, 4.69) is 26.1 Å². The molecule has 0 saturated carbocycles. The van der Waals surface area contributed by atoms with Gasteiger partial charge in [0.1, 0.15) is 0 Å². The van der Waals surface area contributed by atoms with Crippen LogP contribution in [0.3, 0.4) is 0 Å². The summed E-state index contributed by atoms with van der Waals surface area (Å²) in [7, 11) is 1.99. The van der Waals surface area contributed by atoms with E-state index >= 15 is 0 Å². The van der Waals surface area contributed by atoms with Gasteiger partial charge in [0.2, 0.25) is 0 Å². The lowest BCUT2D eigenvalue weighted by atomic mass is 10.1. The molecule has 0 heterocycles. The molecule has 0 bridgehead atoms. The van der Waals surface area contributed by atoms with Crippen LogP contribution < -0.4 is 5.32 Å². The average Bonchev–Trinajstić information content (AvgIpc) is 1.65. The van der Waals surface area contributed by atoms with Crippen LogP contribution in [0.1, 0.15) is 20.8 Å². The van der Waals surface area contributed by atoms with Crippen LogP contribution in [0.15, 0.2) is 0 Å². The second kappa shape index (κ2) is 3.03. The van der Waals surface area contributed by atoms with Crippen LogP contribution in [-0.2, 0) is 0 Å². The van der Waals surface area contributed by atoms with Crippen LogP contribution in [0.25, 0.3) is 0 Å². The fraction of sp³-hybridized carbons (Fsp3) is 1.00. The number of hydrogen-bond donors (Lipinski definition) is 1. The van der Waals surface area contributed by atoms with E-state index in [9.17, 15) is 0 Å². The van der Waals surface area contributed by atoms with Crippen molar-refractivity contribution in [3.8, 4) is 0 Å². The third-order valence-electron chi connectivity index (χ3n) is 1.46. The first kappa shape index (κ1) is 6.96. The molecule has 0 aromatic rings. The van der Waals surface area contributed by atoms with Crippen LogP contribution in [-0.4, -0.2) is 13.1 Å². The molecule has 0 fully saturated rings. The maximum Gasteiger partial charge on any atom is 0.00587 e. The first-order chi connectivity index (χ1) is 3.18. The van der Waals surface area contributed by atoms with E-state index in [1.807, 2.05) is 7.05 Å². The van der Waals surface area contributed by atoms with Crippen LogP contribution in [0, 0.1) is 5.92 Å². The fourth-order valence-electron chi connectivity index (χ4n) is 0.333. The van der Waals surface area contributed by atoms with Gasteiger partial charge in [0.15, 0.2) is 0 Å². The summed E-state index contributed by atoms with van der Waals surface area (Å²) in [5, 5.41) is 3.16. The quantitative estimate of drug-likeness (QED) is 0.552. The molecule has 44 valence electrons. The molecule has 0 radical (unpaired) electrons. The van der Waals surface area contributed by atoms with Crippen LogP contribution in [0.4, 0.5) is 0 Å². The molecule has 0 aliphatic heterocycles. The number of hydrogen-bond acceptors (Lipinski definition) is 1. The van der Waals surface area contributed by atoms with Crippen molar-refractivity contribution in [1.29, 1.82) is 0 Å². The Bertz CT molecular complexity index is 41.4. The van der Waals surface area contributed by atoms with Crippen molar-refractivity contribution in [2.24, 2.45) is 5.92 Å². The zero-order chi connectivity index (χ0) is 5.86. The highest BCUT2D eigenvalue weighted by Crippen LogP contribution is 1.96.